The second-order valence-corrected chi connectivity index (χ2v) is 13.7. The van der Waals surface area contributed by atoms with E-state index >= 15 is 17.6 Å². The molecule has 10 nitrogen and oxygen atoms in total. The molecule has 0 radical (unpaired) electrons. The number of rotatable bonds is 9. The van der Waals surface area contributed by atoms with Gasteiger partial charge in [0.25, 0.3) is 0 Å². The van der Waals surface area contributed by atoms with Gasteiger partial charge in [0.05, 0.1) is 34.0 Å². The normalized spacial score (nSPS) is 21.1. The lowest BCUT2D eigenvalue weighted by molar-refractivity contribution is -0.137. The lowest BCUT2D eigenvalue weighted by atomic mass is 9.93. The smallest absolute Gasteiger partial charge is 0.417 e. The van der Waals surface area contributed by atoms with Gasteiger partial charge in [0, 0.05) is 55.2 Å². The fourth-order valence-corrected chi connectivity index (χ4v) is 8.27. The lowest BCUT2D eigenvalue weighted by Gasteiger charge is -2.34. The maximum atomic E-state index is 17.2. The number of amides is 1. The van der Waals surface area contributed by atoms with E-state index in [0.717, 1.165) is 18.2 Å². The zero-order valence-corrected chi connectivity index (χ0v) is 29.2. The summed E-state index contributed by atoms with van der Waals surface area (Å²) in [5.41, 5.74) is 2.63. The molecule has 4 atom stereocenters. The number of ether oxygens (including phenoxy) is 2. The number of benzene rings is 2. The molecular weight excluding hydrogens is 693 g/mol. The van der Waals surface area contributed by atoms with Gasteiger partial charge in [-0.1, -0.05) is 12.6 Å². The molecule has 2 aliphatic heterocycles. The van der Waals surface area contributed by atoms with Crippen LogP contribution in [0, 0.1) is 18.2 Å². The van der Waals surface area contributed by atoms with E-state index < -0.39 is 46.5 Å². The molecule has 0 aliphatic carbocycles. The molecule has 6 rings (SSSR count). The molecule has 51 heavy (non-hydrogen) atoms. The first kappa shape index (κ1) is 36.2. The highest BCUT2D eigenvalue weighted by atomic mass is 32.1. The highest BCUT2D eigenvalue weighted by molar-refractivity contribution is 7.23. The van der Waals surface area contributed by atoms with Gasteiger partial charge in [0.2, 0.25) is 11.6 Å². The summed E-state index contributed by atoms with van der Waals surface area (Å²) in [6, 6.07) is 1.57. The van der Waals surface area contributed by atoms with E-state index in [2.05, 4.69) is 21.4 Å². The van der Waals surface area contributed by atoms with Crippen LogP contribution in [0.4, 0.5) is 38.5 Å². The summed E-state index contributed by atoms with van der Waals surface area (Å²) < 4.78 is 88.7. The van der Waals surface area contributed by atoms with Gasteiger partial charge in [-0.3, -0.25) is 9.69 Å². The number of nitrogen functional groups attached to an aromatic ring is 1. The van der Waals surface area contributed by atoms with Crippen LogP contribution in [0.15, 0.2) is 30.9 Å². The molecule has 4 unspecified atom stereocenters. The number of methoxy groups -OCH3 is 1. The largest absolute Gasteiger partial charge is 0.462 e. The zero-order valence-electron chi connectivity index (χ0n) is 28.4. The second kappa shape index (κ2) is 13.9. The van der Waals surface area contributed by atoms with Crippen LogP contribution in [0.5, 0.6) is 6.01 Å². The molecule has 0 saturated carbocycles. The summed E-state index contributed by atoms with van der Waals surface area (Å²) in [5.74, 6) is -2.45. The number of hydrogen-bond acceptors (Lipinski definition) is 9. The topological polar surface area (TPSA) is 101 Å². The van der Waals surface area contributed by atoms with Crippen molar-refractivity contribution in [2.75, 3.05) is 51.0 Å². The van der Waals surface area contributed by atoms with E-state index in [4.69, 9.17) is 21.8 Å². The number of nitrogens with two attached hydrogens (primary N) is 1. The monoisotopic (exact) mass is 729 g/mol. The van der Waals surface area contributed by atoms with Crippen molar-refractivity contribution in [2.24, 2.45) is 0 Å². The number of anilines is 2. The van der Waals surface area contributed by atoms with Gasteiger partial charge < -0.3 is 25.0 Å². The Hall–Kier alpha value is -4.59. The van der Waals surface area contributed by atoms with E-state index in [0.29, 0.717) is 37.3 Å². The van der Waals surface area contributed by atoms with Crippen LogP contribution >= 0.6 is 11.3 Å². The quantitative estimate of drug-likeness (QED) is 0.111. The molecule has 4 aromatic rings. The van der Waals surface area contributed by atoms with Gasteiger partial charge in [-0.2, -0.15) is 23.1 Å². The molecule has 2 saturated heterocycles. The molecule has 0 spiro atoms. The number of carbonyl (C=O) groups is 1. The summed E-state index contributed by atoms with van der Waals surface area (Å²) in [7, 11) is 3.52. The van der Waals surface area contributed by atoms with Crippen LogP contribution in [0.2, 0.25) is 0 Å². The van der Waals surface area contributed by atoms with E-state index in [1.807, 2.05) is 18.9 Å². The van der Waals surface area contributed by atoms with Gasteiger partial charge >= 0.3 is 12.2 Å². The van der Waals surface area contributed by atoms with Crippen LogP contribution in [0.25, 0.3) is 37.0 Å². The highest BCUT2D eigenvalue weighted by Gasteiger charge is 2.41. The third-order valence-electron chi connectivity index (χ3n) is 9.94. The van der Waals surface area contributed by atoms with E-state index in [-0.39, 0.29) is 74.8 Å². The van der Waals surface area contributed by atoms with Crippen molar-refractivity contribution in [3.8, 4) is 17.1 Å². The summed E-state index contributed by atoms with van der Waals surface area (Å²) in [6.07, 6.45) is -2.83. The Balaban J connectivity index is 1.60. The molecule has 2 aliphatic rings. The van der Waals surface area contributed by atoms with Crippen LogP contribution in [0.1, 0.15) is 32.3 Å². The minimum atomic E-state index is -5.10. The molecule has 2 aromatic carbocycles. The molecule has 16 heteroatoms. The lowest BCUT2D eigenvalue weighted by Crippen LogP contribution is -2.45. The molecular formula is C35H36F5N7O3S. The predicted octanol–water partition coefficient (Wildman–Crippen LogP) is 7.04. The Morgan fingerprint density at radius 3 is 2.67 bits per heavy atom. The first-order valence-corrected chi connectivity index (χ1v) is 17.1. The Morgan fingerprint density at radius 1 is 1.29 bits per heavy atom. The number of aromatic nitrogens is 2. The number of likely N-dealkylation sites (tertiary alicyclic amines) is 2. The summed E-state index contributed by atoms with van der Waals surface area (Å²) >= 11 is 0.698. The van der Waals surface area contributed by atoms with Gasteiger partial charge in [0.15, 0.2) is 5.82 Å². The van der Waals surface area contributed by atoms with Crippen molar-refractivity contribution in [1.82, 2.24) is 19.8 Å². The number of thiophene rings is 1. The Morgan fingerprint density at radius 2 is 2.04 bits per heavy atom. The van der Waals surface area contributed by atoms with Crippen LogP contribution in [-0.4, -0.2) is 90.3 Å². The number of likely N-dealkylation sites (N-methyl/N-ethyl adjacent to an activating group) is 2. The average molecular weight is 730 g/mol. The Bertz CT molecular complexity index is 2070. The number of fused-ring (bicyclic) bond motifs is 2. The standard InChI is InChI=1S/C35H36F5N7O3S/c1-7-25(48)47-12-11-24(17(47)3)46(8-2)33-21-14-22(35(38,39)40)26(20-9-10-23(36)31-27(20)30(42-4)32(41)51-31)28(37)29(21)43-34(44-33)50-16-18-13-19(49-6)15-45(18)5/h7,9-10,14,17-19,24H,1,8,11-13,15-16,41H2,2-3,5-6H3. The summed E-state index contributed by atoms with van der Waals surface area (Å²) in [6.45, 7) is 16.2. The van der Waals surface area contributed by atoms with Crippen molar-refractivity contribution in [3.05, 3.63) is 59.5 Å². The van der Waals surface area contributed by atoms with Crippen molar-refractivity contribution >= 4 is 54.7 Å². The Labute approximate surface area is 295 Å². The predicted molar refractivity (Wildman–Crippen MR) is 186 cm³/mol. The van der Waals surface area contributed by atoms with E-state index in [9.17, 15) is 9.18 Å². The highest BCUT2D eigenvalue weighted by Crippen LogP contribution is 2.50. The van der Waals surface area contributed by atoms with Crippen molar-refractivity contribution in [2.45, 2.75) is 57.1 Å². The molecule has 270 valence electrons. The van der Waals surface area contributed by atoms with Gasteiger partial charge in [0.1, 0.15) is 23.8 Å². The second-order valence-electron chi connectivity index (χ2n) is 12.7. The molecule has 2 fully saturated rings. The van der Waals surface area contributed by atoms with E-state index in [1.54, 1.807) is 23.8 Å². The molecule has 0 bridgehead atoms. The number of hydrogen-bond donors (Lipinski definition) is 1. The fourth-order valence-electron chi connectivity index (χ4n) is 7.33. The van der Waals surface area contributed by atoms with Gasteiger partial charge in [-0.15, -0.1) is 11.3 Å². The third kappa shape index (κ3) is 6.31. The summed E-state index contributed by atoms with van der Waals surface area (Å²) in [5, 5.41) is -0.562. The number of halogens is 5. The van der Waals surface area contributed by atoms with Crippen molar-refractivity contribution < 1.29 is 36.2 Å². The first-order chi connectivity index (χ1) is 24.2. The SMILES string of the molecule is [C-]#[N+]c1c(N)sc2c(F)ccc(-c3c(C(F)(F)F)cc4c(N(CC)C5CCN(C(=O)C=C)C5C)nc(OCC5CC(OC)CN5C)nc4c3F)c12. The zero-order chi connectivity index (χ0) is 36.9. The van der Waals surface area contributed by atoms with Crippen molar-refractivity contribution in [3.63, 3.8) is 0 Å². The molecule has 1 amide bonds. The summed E-state index contributed by atoms with van der Waals surface area (Å²) in [4.78, 5) is 30.3. The fraction of sp³-hybridized carbons (Fsp3) is 0.429. The van der Waals surface area contributed by atoms with Gasteiger partial charge in [-0.25, -0.2) is 13.6 Å². The van der Waals surface area contributed by atoms with E-state index in [1.165, 1.54) is 6.08 Å². The van der Waals surface area contributed by atoms with Crippen LogP contribution in [-0.2, 0) is 15.7 Å². The van der Waals surface area contributed by atoms with Crippen molar-refractivity contribution in [1.29, 1.82) is 0 Å². The number of alkyl halides is 3. The minimum Gasteiger partial charge on any atom is -0.462 e. The van der Waals surface area contributed by atoms with Crippen LogP contribution < -0.4 is 15.4 Å². The Kier molecular flexibility index (Phi) is 9.83. The average Bonchev–Trinajstić information content (AvgIpc) is 3.77. The molecule has 2 aromatic heterocycles. The number of nitrogens with zero attached hydrogens (tertiary/aromatic N) is 6. The maximum Gasteiger partial charge on any atom is 0.417 e. The van der Waals surface area contributed by atoms with Gasteiger partial charge in [-0.05, 0) is 57.5 Å². The third-order valence-corrected chi connectivity index (χ3v) is 11.0. The maximum absolute atomic E-state index is 17.2. The first-order valence-electron chi connectivity index (χ1n) is 16.3. The minimum absolute atomic E-state index is 0.00127. The molecule has 4 heterocycles. The van der Waals surface area contributed by atoms with Crippen LogP contribution in [0.3, 0.4) is 0 Å². The number of carbonyl (C=O) groups excluding carboxylic acids is 1. The molecule has 2 N–H and O–H groups in total.